The Labute approximate surface area is 156 Å². The van der Waals surface area contributed by atoms with Crippen molar-refractivity contribution in [2.45, 2.75) is 37.5 Å². The van der Waals surface area contributed by atoms with Gasteiger partial charge in [0, 0.05) is 32.3 Å². The zero-order valence-electron chi connectivity index (χ0n) is 14.6. The highest BCUT2D eigenvalue weighted by Crippen LogP contribution is 2.53. The maximum Gasteiger partial charge on any atom is 0.415 e. The van der Waals surface area contributed by atoms with Crippen LogP contribution >= 0.6 is 0 Å². The van der Waals surface area contributed by atoms with Crippen molar-refractivity contribution in [3.05, 3.63) is 35.4 Å². The second kappa shape index (κ2) is 5.46. The van der Waals surface area contributed by atoms with E-state index in [1.807, 2.05) is 0 Å². The predicted octanol–water partition coefficient (Wildman–Crippen LogP) is 1.83. The lowest BCUT2D eigenvalue weighted by molar-refractivity contribution is -0.141. The first-order chi connectivity index (χ1) is 13.3. The number of carbonyl (C=O) groups is 2. The van der Waals surface area contributed by atoms with Gasteiger partial charge in [-0.2, -0.15) is 8.78 Å². The van der Waals surface area contributed by atoms with E-state index < -0.39 is 47.1 Å². The first-order valence-electron chi connectivity index (χ1n) is 8.66. The molecule has 8 nitrogen and oxygen atoms in total. The smallest absolute Gasteiger partial charge is 0.415 e. The summed E-state index contributed by atoms with van der Waals surface area (Å²) in [7, 11) is 1.11. The van der Waals surface area contributed by atoms with Gasteiger partial charge in [0.25, 0.3) is 0 Å². The van der Waals surface area contributed by atoms with Crippen LogP contribution in [0.4, 0.5) is 29.3 Å². The quantitative estimate of drug-likeness (QED) is 0.795. The number of aryl methyl sites for hydroxylation is 1. The molecule has 0 spiro atoms. The van der Waals surface area contributed by atoms with E-state index in [0.717, 1.165) is 13.1 Å². The van der Waals surface area contributed by atoms with E-state index in [-0.39, 0.29) is 17.7 Å². The lowest BCUT2D eigenvalue weighted by Crippen LogP contribution is -2.34. The highest BCUT2D eigenvalue weighted by molar-refractivity contribution is 6.08. The van der Waals surface area contributed by atoms with Crippen molar-refractivity contribution < 1.29 is 27.5 Å². The molecular formula is C17H14F3N5O3. The molecule has 1 unspecified atom stereocenters. The van der Waals surface area contributed by atoms with E-state index in [2.05, 4.69) is 10.3 Å². The molecule has 2 aromatic rings. The molecule has 1 aromatic carbocycles. The maximum atomic E-state index is 14.6. The van der Waals surface area contributed by atoms with Crippen LogP contribution in [-0.4, -0.2) is 46.2 Å². The van der Waals surface area contributed by atoms with Gasteiger partial charge in [0.05, 0.1) is 29.2 Å². The minimum absolute atomic E-state index is 0.0391. The number of nitrogens with zero attached hydrogens (tertiary/aromatic N) is 5. The molecule has 3 aliphatic rings. The molecule has 1 aromatic heterocycles. The van der Waals surface area contributed by atoms with E-state index in [4.69, 9.17) is 4.74 Å². The summed E-state index contributed by atoms with van der Waals surface area (Å²) in [5.74, 6) is -6.29. The van der Waals surface area contributed by atoms with Gasteiger partial charge in [0.2, 0.25) is 0 Å². The summed E-state index contributed by atoms with van der Waals surface area (Å²) in [4.78, 5) is 26.2. The van der Waals surface area contributed by atoms with Gasteiger partial charge in [0.1, 0.15) is 11.9 Å². The minimum Gasteiger partial charge on any atom is -0.444 e. The molecule has 2 amide bonds. The lowest BCUT2D eigenvalue weighted by Gasteiger charge is -2.16. The Morgan fingerprint density at radius 1 is 1.36 bits per heavy atom. The fourth-order valence-corrected chi connectivity index (χ4v) is 4.31. The van der Waals surface area contributed by atoms with E-state index in [1.54, 1.807) is 10.9 Å². The molecule has 1 fully saturated rings. The normalized spacial score (nSPS) is 24.4. The molecule has 1 saturated heterocycles. The molecule has 5 rings (SSSR count). The fraction of sp³-hybridized carbons (Fsp3) is 0.412. The van der Waals surface area contributed by atoms with Crippen LogP contribution in [0.3, 0.4) is 0 Å². The second-order valence-corrected chi connectivity index (χ2v) is 7.04. The number of ether oxygens (including phenoxy) is 1. The average molecular weight is 393 g/mol. The standard InChI is InChI=1S/C17H14F3N5O3/c1-23-14-9(18)7-10-8(13(14)17(19,20)15(23)26)6-11-12(28-16(27)25(10)11)2-4-24-5-3-21-22-24/h3,5,7,11-12H,2,4,6H2,1H3/t11-,12?/m0/s1. The number of alkyl halides is 2. The van der Waals surface area contributed by atoms with E-state index in [9.17, 15) is 22.8 Å². The number of fused-ring (bicyclic) bond motifs is 5. The first kappa shape index (κ1) is 17.0. The number of benzene rings is 1. The number of amides is 2. The van der Waals surface area contributed by atoms with Gasteiger partial charge in [-0.25, -0.2) is 9.18 Å². The predicted molar refractivity (Wildman–Crippen MR) is 88.6 cm³/mol. The van der Waals surface area contributed by atoms with Gasteiger partial charge in [-0.3, -0.25) is 14.4 Å². The minimum atomic E-state index is -3.84. The largest absolute Gasteiger partial charge is 0.444 e. The lowest BCUT2D eigenvalue weighted by atomic mass is 9.96. The Bertz CT molecular complexity index is 1010. The Kier molecular flexibility index (Phi) is 3.32. The van der Waals surface area contributed by atoms with Crippen molar-refractivity contribution in [3.8, 4) is 0 Å². The molecule has 0 aliphatic carbocycles. The average Bonchev–Trinajstić information content (AvgIpc) is 3.37. The monoisotopic (exact) mass is 393 g/mol. The van der Waals surface area contributed by atoms with Gasteiger partial charge in [-0.05, 0) is 12.0 Å². The number of hydrogen-bond acceptors (Lipinski definition) is 5. The summed E-state index contributed by atoms with van der Waals surface area (Å²) in [6.45, 7) is 0.419. The van der Waals surface area contributed by atoms with Crippen LogP contribution in [0.1, 0.15) is 17.5 Å². The molecule has 146 valence electrons. The molecular weight excluding hydrogens is 379 g/mol. The number of hydrogen-bond donors (Lipinski definition) is 0. The Morgan fingerprint density at radius 2 is 2.14 bits per heavy atom. The highest BCUT2D eigenvalue weighted by atomic mass is 19.3. The molecule has 28 heavy (non-hydrogen) atoms. The molecule has 11 heteroatoms. The van der Waals surface area contributed by atoms with E-state index >= 15 is 0 Å². The SMILES string of the molecule is CN1C(=O)C(F)(F)c2c3c(cc(F)c21)N1C(=O)OC(CCn2ccnn2)[C@@H]1C3. The summed E-state index contributed by atoms with van der Waals surface area (Å²) >= 11 is 0. The van der Waals surface area contributed by atoms with Gasteiger partial charge in [-0.15, -0.1) is 5.10 Å². The van der Waals surface area contributed by atoms with Gasteiger partial charge in [0.15, 0.2) is 0 Å². The third-order valence-electron chi connectivity index (χ3n) is 5.56. The van der Waals surface area contributed by atoms with Gasteiger partial charge >= 0.3 is 17.9 Å². The summed E-state index contributed by atoms with van der Waals surface area (Å²) in [5, 5.41) is 7.53. The summed E-state index contributed by atoms with van der Waals surface area (Å²) in [6.07, 6.45) is 2.33. The van der Waals surface area contributed by atoms with Crippen molar-refractivity contribution >= 4 is 23.4 Å². The van der Waals surface area contributed by atoms with Crippen molar-refractivity contribution in [2.75, 3.05) is 16.8 Å². The Balaban J connectivity index is 1.53. The molecule has 0 N–H and O–H groups in total. The zero-order valence-corrected chi connectivity index (χ0v) is 14.6. The summed E-state index contributed by atoms with van der Waals surface area (Å²) in [5.41, 5.74) is -0.918. The number of likely N-dealkylation sites (N-methyl/N-ethyl adjacent to an activating group) is 1. The van der Waals surface area contributed by atoms with E-state index in [0.29, 0.717) is 17.9 Å². The topological polar surface area (TPSA) is 80.6 Å². The molecule has 0 radical (unpaired) electrons. The zero-order chi connectivity index (χ0) is 19.8. The molecule has 2 atom stereocenters. The molecule has 0 saturated carbocycles. The van der Waals surface area contributed by atoms with E-state index in [1.165, 1.54) is 11.1 Å². The first-order valence-corrected chi connectivity index (χ1v) is 8.66. The van der Waals surface area contributed by atoms with Crippen molar-refractivity contribution in [1.29, 1.82) is 0 Å². The fourth-order valence-electron chi connectivity index (χ4n) is 4.31. The van der Waals surface area contributed by atoms with Crippen molar-refractivity contribution in [2.24, 2.45) is 0 Å². The van der Waals surface area contributed by atoms with Crippen molar-refractivity contribution in [3.63, 3.8) is 0 Å². The van der Waals surface area contributed by atoms with Crippen LogP contribution in [-0.2, 0) is 28.4 Å². The van der Waals surface area contributed by atoms with Crippen LogP contribution in [0, 0.1) is 5.82 Å². The van der Waals surface area contributed by atoms with Gasteiger partial charge < -0.3 is 9.64 Å². The van der Waals surface area contributed by atoms with Gasteiger partial charge in [-0.1, -0.05) is 5.21 Å². The van der Waals surface area contributed by atoms with Crippen molar-refractivity contribution in [1.82, 2.24) is 15.0 Å². The summed E-state index contributed by atoms with van der Waals surface area (Å²) < 4.78 is 50.8. The van der Waals surface area contributed by atoms with Crippen LogP contribution in [0.25, 0.3) is 0 Å². The molecule has 3 aliphatic heterocycles. The molecule has 4 heterocycles. The number of aromatic nitrogens is 3. The van der Waals surface area contributed by atoms with Crippen LogP contribution in [0.2, 0.25) is 0 Å². The number of halogens is 3. The number of cyclic esters (lactones) is 1. The third-order valence-corrected chi connectivity index (χ3v) is 5.56. The molecule has 0 bridgehead atoms. The van der Waals surface area contributed by atoms with Crippen LogP contribution < -0.4 is 9.80 Å². The number of carbonyl (C=O) groups excluding carboxylic acids is 2. The third kappa shape index (κ3) is 2.06. The maximum absolute atomic E-state index is 14.6. The van der Waals surface area contributed by atoms with Crippen LogP contribution in [0.5, 0.6) is 0 Å². The second-order valence-electron chi connectivity index (χ2n) is 7.04. The summed E-state index contributed by atoms with van der Waals surface area (Å²) in [6, 6.07) is 0.481. The Hall–Kier alpha value is -3.11. The number of rotatable bonds is 3. The number of anilines is 2. The highest BCUT2D eigenvalue weighted by Gasteiger charge is 2.58. The Morgan fingerprint density at radius 3 is 2.86 bits per heavy atom. The van der Waals surface area contributed by atoms with Crippen LogP contribution in [0.15, 0.2) is 18.5 Å².